The molecule has 1 aromatic heterocycles. The monoisotopic (exact) mass is 366 g/mol. The van der Waals surface area contributed by atoms with Crippen LogP contribution in [0.4, 0.5) is 10.7 Å². The van der Waals surface area contributed by atoms with Crippen LogP contribution in [0.15, 0.2) is 54.9 Å². The van der Waals surface area contributed by atoms with E-state index >= 15 is 0 Å². The maximum Gasteiger partial charge on any atom is 0.411 e. The number of carbonyl (C=O) groups is 1. The molecule has 0 saturated heterocycles. The van der Waals surface area contributed by atoms with Crippen LogP contribution in [0.5, 0.6) is 0 Å². The highest BCUT2D eigenvalue weighted by molar-refractivity contribution is 5.80. The van der Waals surface area contributed by atoms with E-state index in [0.29, 0.717) is 0 Å². The highest BCUT2D eigenvalue weighted by atomic mass is 16.5. The van der Waals surface area contributed by atoms with Crippen molar-refractivity contribution in [1.82, 2.24) is 14.8 Å². The number of aromatic nitrogens is 3. The molecule has 0 unspecified atom stereocenters. The fraction of sp³-hybridized carbons (Fsp3) is 0.211. The second-order valence-electron chi connectivity index (χ2n) is 6.61. The molecule has 27 heavy (non-hydrogen) atoms. The number of anilines is 1. The van der Waals surface area contributed by atoms with E-state index in [0.717, 1.165) is 35.2 Å². The summed E-state index contributed by atoms with van der Waals surface area (Å²) in [5.74, 6) is 0.122. The second-order valence-corrected chi connectivity index (χ2v) is 6.61. The normalized spacial score (nSPS) is 14.9. The fourth-order valence-electron chi connectivity index (χ4n) is 3.24. The summed E-state index contributed by atoms with van der Waals surface area (Å²) in [6.07, 6.45) is 0.460. The first kappa shape index (κ1) is 17.2. The molecule has 4 rings (SSSR count). The van der Waals surface area contributed by atoms with E-state index in [1.807, 2.05) is 48.5 Å². The lowest BCUT2D eigenvalue weighted by Crippen LogP contribution is -2.25. The van der Waals surface area contributed by atoms with Crippen molar-refractivity contribution < 1.29 is 20.1 Å². The summed E-state index contributed by atoms with van der Waals surface area (Å²) >= 11 is 0. The molecule has 2 aromatic carbocycles. The van der Waals surface area contributed by atoms with Gasteiger partial charge in [-0.1, -0.05) is 36.4 Å². The van der Waals surface area contributed by atoms with E-state index in [-0.39, 0.29) is 5.95 Å². The van der Waals surface area contributed by atoms with Gasteiger partial charge in [-0.05, 0) is 41.7 Å². The third-order valence-electron chi connectivity index (χ3n) is 4.99. The number of hydrogen-bond donors (Lipinski definition) is 4. The Kier molecular flexibility index (Phi) is 4.14. The van der Waals surface area contributed by atoms with Crippen LogP contribution in [0.25, 0.3) is 16.8 Å². The number of aliphatic hydroxyl groups is 2. The van der Waals surface area contributed by atoms with Crippen molar-refractivity contribution in [2.24, 2.45) is 0 Å². The first-order valence-electron chi connectivity index (χ1n) is 8.47. The molecule has 0 atom stereocenters. The standard InChI is InChI=1S/C19H18N4O4/c24-16(25)19(9-10-19)14-5-1-12(2-6-14)13-3-7-15(8-4-13)23-11-20-22-17(23)21-18(26)27/h1-8,11,16,24-25H,9-10H2,(H,21,22)(H,26,27). The third kappa shape index (κ3) is 3.16. The van der Waals surface area contributed by atoms with E-state index < -0.39 is 17.8 Å². The van der Waals surface area contributed by atoms with Gasteiger partial charge in [-0.2, -0.15) is 0 Å². The lowest BCUT2D eigenvalue weighted by molar-refractivity contribution is -0.0694. The molecule has 0 radical (unpaired) electrons. The van der Waals surface area contributed by atoms with Crippen molar-refractivity contribution in [1.29, 1.82) is 0 Å². The number of amides is 1. The van der Waals surface area contributed by atoms with E-state index in [2.05, 4.69) is 15.5 Å². The number of hydrogen-bond acceptors (Lipinski definition) is 5. The van der Waals surface area contributed by atoms with E-state index in [4.69, 9.17) is 5.11 Å². The van der Waals surface area contributed by atoms with Crippen molar-refractivity contribution in [3.63, 3.8) is 0 Å². The molecular weight excluding hydrogens is 348 g/mol. The molecule has 1 aliphatic carbocycles. The second kappa shape index (κ2) is 6.49. The van der Waals surface area contributed by atoms with Gasteiger partial charge in [0, 0.05) is 5.41 Å². The fourth-order valence-corrected chi connectivity index (χ4v) is 3.24. The molecule has 1 heterocycles. The Bertz CT molecular complexity index is 960. The largest absolute Gasteiger partial charge is 0.465 e. The van der Waals surface area contributed by atoms with E-state index in [1.54, 1.807) is 4.57 Å². The van der Waals surface area contributed by atoms with Gasteiger partial charge < -0.3 is 15.3 Å². The summed E-state index contributed by atoms with van der Waals surface area (Å²) in [7, 11) is 0. The summed E-state index contributed by atoms with van der Waals surface area (Å²) in [6.45, 7) is 0. The molecule has 1 fully saturated rings. The van der Waals surface area contributed by atoms with Gasteiger partial charge in [0.15, 0.2) is 6.29 Å². The summed E-state index contributed by atoms with van der Waals surface area (Å²) in [5, 5.41) is 37.7. The summed E-state index contributed by atoms with van der Waals surface area (Å²) < 4.78 is 1.54. The van der Waals surface area contributed by atoms with Gasteiger partial charge in [0.05, 0.1) is 5.69 Å². The summed E-state index contributed by atoms with van der Waals surface area (Å²) in [4.78, 5) is 10.8. The van der Waals surface area contributed by atoms with Gasteiger partial charge in [-0.15, -0.1) is 10.2 Å². The van der Waals surface area contributed by atoms with Gasteiger partial charge in [0.2, 0.25) is 5.95 Å². The quantitative estimate of drug-likeness (QED) is 0.515. The summed E-state index contributed by atoms with van der Waals surface area (Å²) in [5.41, 5.74) is 3.14. The van der Waals surface area contributed by atoms with Crippen LogP contribution in [0, 0.1) is 0 Å². The minimum Gasteiger partial charge on any atom is -0.465 e. The molecule has 0 bridgehead atoms. The Labute approximate surface area is 154 Å². The van der Waals surface area contributed by atoms with Gasteiger partial charge in [0.1, 0.15) is 6.33 Å². The number of carboxylic acid groups (broad SMARTS) is 1. The van der Waals surface area contributed by atoms with Crippen LogP contribution in [0.2, 0.25) is 0 Å². The molecule has 3 aromatic rings. The highest BCUT2D eigenvalue weighted by Gasteiger charge is 2.49. The Morgan fingerprint density at radius 2 is 1.63 bits per heavy atom. The smallest absolute Gasteiger partial charge is 0.411 e. The lowest BCUT2D eigenvalue weighted by atomic mass is 9.93. The highest BCUT2D eigenvalue weighted by Crippen LogP contribution is 2.50. The van der Waals surface area contributed by atoms with Crippen molar-refractivity contribution in [2.75, 3.05) is 5.32 Å². The predicted molar refractivity (Wildman–Crippen MR) is 97.6 cm³/mol. The van der Waals surface area contributed by atoms with Crippen molar-refractivity contribution in [3.05, 3.63) is 60.4 Å². The minimum absolute atomic E-state index is 0.122. The zero-order valence-electron chi connectivity index (χ0n) is 14.3. The predicted octanol–water partition coefficient (Wildman–Crippen LogP) is 2.37. The number of nitrogens with zero attached hydrogens (tertiary/aromatic N) is 3. The van der Waals surface area contributed by atoms with Gasteiger partial charge >= 0.3 is 6.09 Å². The number of nitrogens with one attached hydrogen (secondary N) is 1. The van der Waals surface area contributed by atoms with Gasteiger partial charge in [-0.3, -0.25) is 9.88 Å². The Morgan fingerprint density at radius 1 is 1.04 bits per heavy atom. The molecule has 1 amide bonds. The Hall–Kier alpha value is -3.23. The number of rotatable bonds is 5. The van der Waals surface area contributed by atoms with E-state index in [9.17, 15) is 15.0 Å². The molecule has 0 spiro atoms. The molecule has 8 heteroatoms. The minimum atomic E-state index is -1.33. The van der Waals surface area contributed by atoms with Crippen molar-refractivity contribution in [2.45, 2.75) is 24.5 Å². The van der Waals surface area contributed by atoms with Crippen LogP contribution in [-0.4, -0.2) is 42.5 Å². The Morgan fingerprint density at radius 3 is 2.15 bits per heavy atom. The lowest BCUT2D eigenvalue weighted by Gasteiger charge is -2.18. The van der Waals surface area contributed by atoms with Crippen LogP contribution >= 0.6 is 0 Å². The molecule has 8 nitrogen and oxygen atoms in total. The number of benzene rings is 2. The molecule has 1 saturated carbocycles. The Balaban J connectivity index is 1.56. The average molecular weight is 366 g/mol. The van der Waals surface area contributed by atoms with Crippen molar-refractivity contribution >= 4 is 12.0 Å². The van der Waals surface area contributed by atoms with Crippen LogP contribution in [0.3, 0.4) is 0 Å². The van der Waals surface area contributed by atoms with Crippen molar-refractivity contribution in [3.8, 4) is 16.8 Å². The molecule has 138 valence electrons. The maximum atomic E-state index is 10.8. The molecule has 1 aliphatic rings. The first-order valence-corrected chi connectivity index (χ1v) is 8.47. The molecule has 4 N–H and O–H groups in total. The summed E-state index contributed by atoms with van der Waals surface area (Å²) in [6, 6.07) is 15.3. The third-order valence-corrected chi connectivity index (χ3v) is 4.99. The van der Waals surface area contributed by atoms with Gasteiger partial charge in [-0.25, -0.2) is 4.79 Å². The average Bonchev–Trinajstić information content (AvgIpc) is 3.36. The van der Waals surface area contributed by atoms with Crippen LogP contribution in [-0.2, 0) is 5.41 Å². The molecular formula is C19H18N4O4. The zero-order chi connectivity index (χ0) is 19.0. The molecule has 0 aliphatic heterocycles. The number of aliphatic hydroxyl groups excluding tert-OH is 1. The first-order chi connectivity index (χ1) is 13.0. The van der Waals surface area contributed by atoms with Gasteiger partial charge in [0.25, 0.3) is 0 Å². The maximum absolute atomic E-state index is 10.8. The zero-order valence-corrected chi connectivity index (χ0v) is 14.3. The topological polar surface area (TPSA) is 120 Å². The van der Waals surface area contributed by atoms with Crippen LogP contribution < -0.4 is 5.32 Å². The SMILES string of the molecule is O=C(O)Nc1nncn1-c1ccc(-c2ccc(C3(C(O)O)CC3)cc2)cc1. The van der Waals surface area contributed by atoms with Crippen LogP contribution in [0.1, 0.15) is 18.4 Å². The van der Waals surface area contributed by atoms with E-state index in [1.165, 1.54) is 6.33 Å².